The van der Waals surface area contributed by atoms with Crippen LogP contribution >= 0.6 is 0 Å². The van der Waals surface area contributed by atoms with E-state index in [0.29, 0.717) is 5.41 Å². The summed E-state index contributed by atoms with van der Waals surface area (Å²) < 4.78 is 0. The molecule has 21 heavy (non-hydrogen) atoms. The number of carbonyl (C=O) groups is 1. The number of urea groups is 1. The Morgan fingerprint density at radius 2 is 2.10 bits per heavy atom. The molecule has 1 aromatic carbocycles. The van der Waals surface area contributed by atoms with Gasteiger partial charge in [-0.05, 0) is 49.3 Å². The van der Waals surface area contributed by atoms with Gasteiger partial charge < -0.3 is 15.3 Å². The molecule has 0 radical (unpaired) electrons. The minimum absolute atomic E-state index is 0.0459. The Kier molecular flexibility index (Phi) is 4.88. The Hall–Kier alpha value is -1.55. The summed E-state index contributed by atoms with van der Waals surface area (Å²) in [4.78, 5) is 14.3. The third-order valence-electron chi connectivity index (χ3n) is 4.25. The summed E-state index contributed by atoms with van der Waals surface area (Å²) in [6.07, 6.45) is 2.72. The molecule has 0 aromatic heterocycles. The van der Waals surface area contributed by atoms with E-state index in [1.54, 1.807) is 6.92 Å². The van der Waals surface area contributed by atoms with E-state index in [2.05, 4.69) is 19.2 Å². The first-order chi connectivity index (χ1) is 9.87. The number of aliphatic hydroxyl groups is 1. The lowest BCUT2D eigenvalue weighted by molar-refractivity contribution is 0.199. The zero-order valence-electron chi connectivity index (χ0n) is 13.2. The van der Waals surface area contributed by atoms with Gasteiger partial charge in [0, 0.05) is 18.8 Å². The highest BCUT2D eigenvalue weighted by Crippen LogP contribution is 2.30. The molecule has 2 N–H and O–H groups in total. The maximum atomic E-state index is 12.4. The van der Waals surface area contributed by atoms with E-state index in [1.807, 2.05) is 29.2 Å². The molecule has 0 aliphatic carbocycles. The average molecular weight is 290 g/mol. The number of hydrogen-bond donors (Lipinski definition) is 2. The number of nitrogens with one attached hydrogen (secondary N) is 1. The van der Waals surface area contributed by atoms with E-state index in [-0.39, 0.29) is 6.03 Å². The third-order valence-corrected chi connectivity index (χ3v) is 4.25. The molecule has 0 saturated carbocycles. The Labute approximate surface area is 127 Å². The molecule has 4 nitrogen and oxygen atoms in total. The molecule has 1 fully saturated rings. The van der Waals surface area contributed by atoms with E-state index < -0.39 is 6.10 Å². The van der Waals surface area contributed by atoms with Crippen LogP contribution in [0.1, 0.15) is 51.7 Å². The molecule has 1 atom stereocenters. The van der Waals surface area contributed by atoms with Crippen molar-refractivity contribution in [1.82, 2.24) is 4.90 Å². The highest BCUT2D eigenvalue weighted by molar-refractivity contribution is 5.89. The van der Waals surface area contributed by atoms with Crippen molar-refractivity contribution in [2.24, 2.45) is 5.41 Å². The normalized spacial score (nSPS) is 19.7. The quantitative estimate of drug-likeness (QED) is 0.870. The van der Waals surface area contributed by atoms with Crippen LogP contribution in [0.3, 0.4) is 0 Å². The van der Waals surface area contributed by atoms with Gasteiger partial charge in [-0.15, -0.1) is 0 Å². The molecule has 0 spiro atoms. The molecule has 1 aromatic rings. The number of rotatable bonds is 2. The number of aliphatic hydroxyl groups excluding tert-OH is 1. The van der Waals surface area contributed by atoms with Crippen LogP contribution in [-0.2, 0) is 0 Å². The van der Waals surface area contributed by atoms with Crippen LogP contribution in [0.25, 0.3) is 0 Å². The van der Waals surface area contributed by atoms with Crippen molar-refractivity contribution >= 4 is 11.7 Å². The first kappa shape index (κ1) is 15.8. The second kappa shape index (κ2) is 6.48. The first-order valence-corrected chi connectivity index (χ1v) is 7.71. The third kappa shape index (κ3) is 4.46. The zero-order valence-corrected chi connectivity index (χ0v) is 13.2. The van der Waals surface area contributed by atoms with Gasteiger partial charge >= 0.3 is 6.03 Å². The van der Waals surface area contributed by atoms with Gasteiger partial charge in [0.05, 0.1) is 6.10 Å². The largest absolute Gasteiger partial charge is 0.389 e. The number of carbonyl (C=O) groups excluding carboxylic acids is 1. The maximum Gasteiger partial charge on any atom is 0.321 e. The number of benzene rings is 1. The predicted molar refractivity (Wildman–Crippen MR) is 85.3 cm³/mol. The molecule has 1 aliphatic heterocycles. The molecule has 2 amide bonds. The van der Waals surface area contributed by atoms with Gasteiger partial charge in [-0.25, -0.2) is 4.79 Å². The van der Waals surface area contributed by atoms with E-state index >= 15 is 0 Å². The summed E-state index contributed by atoms with van der Waals surface area (Å²) in [5, 5.41) is 12.5. The topological polar surface area (TPSA) is 52.6 Å². The summed E-state index contributed by atoms with van der Waals surface area (Å²) in [6.45, 7) is 7.86. The van der Waals surface area contributed by atoms with Crippen molar-refractivity contribution in [3.63, 3.8) is 0 Å². The number of anilines is 1. The smallest absolute Gasteiger partial charge is 0.321 e. The van der Waals surface area contributed by atoms with Crippen LogP contribution in [0.4, 0.5) is 10.5 Å². The highest BCUT2D eigenvalue weighted by atomic mass is 16.3. The maximum absolute atomic E-state index is 12.4. The van der Waals surface area contributed by atoms with Gasteiger partial charge in [-0.3, -0.25) is 0 Å². The second-order valence-corrected chi connectivity index (χ2v) is 6.74. The van der Waals surface area contributed by atoms with Gasteiger partial charge in [0.15, 0.2) is 0 Å². The van der Waals surface area contributed by atoms with Crippen molar-refractivity contribution in [2.75, 3.05) is 18.4 Å². The Bertz CT molecular complexity index is 497. The molecule has 1 aliphatic rings. The molecule has 4 heteroatoms. The summed E-state index contributed by atoms with van der Waals surface area (Å²) in [5.41, 5.74) is 1.87. The fourth-order valence-electron chi connectivity index (χ4n) is 2.70. The SMILES string of the molecule is CC(O)c1cccc(NC(=O)N2CCCC(C)(C)CC2)c1. The van der Waals surface area contributed by atoms with Crippen LogP contribution in [0.2, 0.25) is 0 Å². The van der Waals surface area contributed by atoms with E-state index in [9.17, 15) is 9.90 Å². The monoisotopic (exact) mass is 290 g/mol. The minimum Gasteiger partial charge on any atom is -0.389 e. The van der Waals surface area contributed by atoms with Gasteiger partial charge in [-0.2, -0.15) is 0 Å². The average Bonchev–Trinajstić information content (AvgIpc) is 2.60. The number of hydrogen-bond acceptors (Lipinski definition) is 2. The van der Waals surface area contributed by atoms with Gasteiger partial charge in [0.1, 0.15) is 0 Å². The van der Waals surface area contributed by atoms with Crippen molar-refractivity contribution in [2.45, 2.75) is 46.1 Å². The van der Waals surface area contributed by atoms with Crippen LogP contribution in [0, 0.1) is 5.41 Å². The van der Waals surface area contributed by atoms with Crippen LogP contribution in [0.5, 0.6) is 0 Å². The van der Waals surface area contributed by atoms with Crippen LogP contribution < -0.4 is 5.32 Å². The number of nitrogens with zero attached hydrogens (tertiary/aromatic N) is 1. The highest BCUT2D eigenvalue weighted by Gasteiger charge is 2.25. The van der Waals surface area contributed by atoms with Crippen molar-refractivity contribution in [1.29, 1.82) is 0 Å². The molecule has 2 rings (SSSR count). The van der Waals surface area contributed by atoms with E-state index in [4.69, 9.17) is 0 Å². The Balaban J connectivity index is 1.99. The Morgan fingerprint density at radius 3 is 2.81 bits per heavy atom. The second-order valence-electron chi connectivity index (χ2n) is 6.74. The summed E-state index contributed by atoms with van der Waals surface area (Å²) >= 11 is 0. The fraction of sp³-hybridized carbons (Fsp3) is 0.588. The lowest BCUT2D eigenvalue weighted by Gasteiger charge is -2.23. The molecular weight excluding hydrogens is 264 g/mol. The standard InChI is InChI=1S/C17H26N2O2/c1-13(20)14-6-4-7-15(12-14)18-16(21)19-10-5-8-17(2,3)9-11-19/h4,6-7,12-13,20H,5,8-11H2,1-3H3,(H,18,21). The molecule has 1 heterocycles. The lowest BCUT2D eigenvalue weighted by Crippen LogP contribution is -2.36. The van der Waals surface area contributed by atoms with Crippen LogP contribution in [0.15, 0.2) is 24.3 Å². The summed E-state index contributed by atoms with van der Waals surface area (Å²) in [6, 6.07) is 7.34. The first-order valence-electron chi connectivity index (χ1n) is 7.71. The molecular formula is C17H26N2O2. The van der Waals surface area contributed by atoms with Crippen LogP contribution in [-0.4, -0.2) is 29.1 Å². The summed E-state index contributed by atoms with van der Waals surface area (Å²) in [7, 11) is 0. The summed E-state index contributed by atoms with van der Waals surface area (Å²) in [5.74, 6) is 0. The fourth-order valence-corrected chi connectivity index (χ4v) is 2.70. The molecule has 0 bridgehead atoms. The van der Waals surface area contributed by atoms with E-state index in [0.717, 1.165) is 43.6 Å². The van der Waals surface area contributed by atoms with Crippen molar-refractivity contribution < 1.29 is 9.90 Å². The zero-order chi connectivity index (χ0) is 15.5. The number of likely N-dealkylation sites (tertiary alicyclic amines) is 1. The van der Waals surface area contributed by atoms with Gasteiger partial charge in [0.2, 0.25) is 0 Å². The molecule has 1 saturated heterocycles. The van der Waals surface area contributed by atoms with Gasteiger partial charge in [-0.1, -0.05) is 26.0 Å². The van der Waals surface area contributed by atoms with Crippen molar-refractivity contribution in [3.8, 4) is 0 Å². The van der Waals surface area contributed by atoms with Gasteiger partial charge in [0.25, 0.3) is 0 Å². The minimum atomic E-state index is -0.527. The van der Waals surface area contributed by atoms with Crippen molar-refractivity contribution in [3.05, 3.63) is 29.8 Å². The molecule has 116 valence electrons. The molecule has 1 unspecified atom stereocenters. The lowest BCUT2D eigenvalue weighted by atomic mass is 9.85. The number of amides is 2. The Morgan fingerprint density at radius 1 is 1.33 bits per heavy atom. The van der Waals surface area contributed by atoms with E-state index in [1.165, 1.54) is 0 Å². The predicted octanol–water partition coefficient (Wildman–Crippen LogP) is 3.78.